The van der Waals surface area contributed by atoms with Crippen LogP contribution in [0.1, 0.15) is 37.0 Å². The average molecular weight is 224 g/mol. The third-order valence-electron chi connectivity index (χ3n) is 3.34. The molecule has 3 unspecified atom stereocenters. The Bertz CT molecular complexity index is 331. The van der Waals surface area contributed by atoms with Gasteiger partial charge < -0.3 is 5.11 Å². The minimum atomic E-state index is -0.625. The Kier molecular flexibility index (Phi) is 3.10. The molecule has 0 amide bonds. The highest BCUT2D eigenvalue weighted by Gasteiger charge is 2.34. The number of rotatable bonds is 2. The fourth-order valence-electron chi connectivity index (χ4n) is 2.49. The molecule has 0 aromatic carbocycles. The zero-order chi connectivity index (χ0) is 10.8. The van der Waals surface area contributed by atoms with Gasteiger partial charge in [0, 0.05) is 10.8 Å². The molecule has 0 radical (unpaired) electrons. The van der Waals surface area contributed by atoms with E-state index in [0.717, 1.165) is 19.3 Å². The molecule has 1 aliphatic carbocycles. The van der Waals surface area contributed by atoms with E-state index in [-0.39, 0.29) is 11.8 Å². The van der Waals surface area contributed by atoms with E-state index in [4.69, 9.17) is 0 Å². The summed E-state index contributed by atoms with van der Waals surface area (Å²) in [6.07, 6.45) is 2.91. The van der Waals surface area contributed by atoms with Gasteiger partial charge in [0.1, 0.15) is 0 Å². The molecule has 2 rings (SSSR count). The van der Waals surface area contributed by atoms with Crippen LogP contribution in [0.25, 0.3) is 0 Å². The topological polar surface area (TPSA) is 37.3 Å². The zero-order valence-corrected chi connectivity index (χ0v) is 9.67. The van der Waals surface area contributed by atoms with Crippen molar-refractivity contribution in [2.45, 2.75) is 32.1 Å². The van der Waals surface area contributed by atoms with Crippen molar-refractivity contribution < 1.29 is 9.90 Å². The molecule has 1 fully saturated rings. The van der Waals surface area contributed by atoms with Crippen LogP contribution in [0, 0.1) is 11.8 Å². The highest BCUT2D eigenvalue weighted by molar-refractivity contribution is 7.10. The molecule has 0 spiro atoms. The van der Waals surface area contributed by atoms with Crippen LogP contribution in [0.2, 0.25) is 0 Å². The lowest BCUT2D eigenvalue weighted by atomic mass is 9.74. The highest BCUT2D eigenvalue weighted by Crippen LogP contribution is 2.42. The van der Waals surface area contributed by atoms with Crippen molar-refractivity contribution in [3.63, 3.8) is 0 Å². The Labute approximate surface area is 93.9 Å². The van der Waals surface area contributed by atoms with Crippen molar-refractivity contribution >= 4 is 17.3 Å². The second-order valence-electron chi connectivity index (χ2n) is 4.48. The maximum absolute atomic E-state index is 11.2. The second kappa shape index (κ2) is 4.35. The number of hydrogen-bond acceptors (Lipinski definition) is 2. The molecule has 1 saturated carbocycles. The van der Waals surface area contributed by atoms with E-state index in [0.29, 0.717) is 5.92 Å². The fraction of sp³-hybridized carbons (Fsp3) is 0.583. The van der Waals surface area contributed by atoms with Gasteiger partial charge in [-0.2, -0.15) is 0 Å². The molecular weight excluding hydrogens is 208 g/mol. The predicted octanol–water partition coefficient (Wildman–Crippen LogP) is 3.35. The van der Waals surface area contributed by atoms with E-state index >= 15 is 0 Å². The Hall–Kier alpha value is -0.830. The van der Waals surface area contributed by atoms with Gasteiger partial charge in [0.05, 0.1) is 5.92 Å². The molecule has 1 aliphatic rings. The first-order valence-corrected chi connectivity index (χ1v) is 6.32. The van der Waals surface area contributed by atoms with Gasteiger partial charge in [-0.15, -0.1) is 11.3 Å². The van der Waals surface area contributed by atoms with Crippen molar-refractivity contribution in [2.75, 3.05) is 0 Å². The summed E-state index contributed by atoms with van der Waals surface area (Å²) in [5.41, 5.74) is 0. The molecule has 1 N–H and O–H groups in total. The maximum Gasteiger partial charge on any atom is 0.307 e. The minimum absolute atomic E-state index is 0.167. The summed E-state index contributed by atoms with van der Waals surface area (Å²) in [5, 5.41) is 11.2. The number of carboxylic acid groups (broad SMARTS) is 1. The van der Waals surface area contributed by atoms with Crippen molar-refractivity contribution in [1.82, 2.24) is 0 Å². The van der Waals surface area contributed by atoms with E-state index in [1.807, 2.05) is 11.4 Å². The molecule has 0 saturated heterocycles. The van der Waals surface area contributed by atoms with Crippen molar-refractivity contribution in [3.05, 3.63) is 22.4 Å². The summed E-state index contributed by atoms with van der Waals surface area (Å²) in [7, 11) is 0. The van der Waals surface area contributed by atoms with Crippen molar-refractivity contribution in [3.8, 4) is 0 Å². The van der Waals surface area contributed by atoms with Gasteiger partial charge in [-0.05, 0) is 36.6 Å². The smallest absolute Gasteiger partial charge is 0.307 e. The molecular formula is C12H16O2S. The average Bonchev–Trinajstić information content (AvgIpc) is 2.69. The normalized spacial score (nSPS) is 31.4. The first-order chi connectivity index (χ1) is 7.18. The van der Waals surface area contributed by atoms with Gasteiger partial charge >= 0.3 is 5.97 Å². The van der Waals surface area contributed by atoms with Gasteiger partial charge in [-0.1, -0.05) is 13.0 Å². The molecule has 15 heavy (non-hydrogen) atoms. The zero-order valence-electron chi connectivity index (χ0n) is 8.85. The minimum Gasteiger partial charge on any atom is -0.481 e. The number of hydrogen-bond donors (Lipinski definition) is 1. The van der Waals surface area contributed by atoms with Crippen LogP contribution in [0.5, 0.6) is 0 Å². The molecule has 1 aromatic heterocycles. The number of thiophene rings is 1. The monoisotopic (exact) mass is 224 g/mol. The standard InChI is InChI=1S/C12H16O2S/c1-8-4-5-9(12(13)14)10(7-8)11-3-2-6-15-11/h2-3,6,8-10H,4-5,7H2,1H3,(H,13,14). The van der Waals surface area contributed by atoms with Crippen LogP contribution in [-0.4, -0.2) is 11.1 Å². The number of aliphatic carboxylic acids is 1. The van der Waals surface area contributed by atoms with Crippen LogP contribution in [-0.2, 0) is 4.79 Å². The van der Waals surface area contributed by atoms with E-state index in [1.165, 1.54) is 4.88 Å². The summed E-state index contributed by atoms with van der Waals surface area (Å²) in [6, 6.07) is 4.08. The van der Waals surface area contributed by atoms with Crippen molar-refractivity contribution in [1.29, 1.82) is 0 Å². The van der Waals surface area contributed by atoms with Crippen LogP contribution in [0.3, 0.4) is 0 Å². The molecule has 3 heteroatoms. The lowest BCUT2D eigenvalue weighted by Crippen LogP contribution is -2.27. The summed E-state index contributed by atoms with van der Waals surface area (Å²) in [6.45, 7) is 2.22. The molecule has 1 aromatic rings. The van der Waals surface area contributed by atoms with E-state index in [1.54, 1.807) is 11.3 Å². The molecule has 0 bridgehead atoms. The SMILES string of the molecule is CC1CCC(C(=O)O)C(c2cccs2)C1. The molecule has 82 valence electrons. The fourth-order valence-corrected chi connectivity index (χ4v) is 3.40. The predicted molar refractivity (Wildman–Crippen MR) is 61.2 cm³/mol. The summed E-state index contributed by atoms with van der Waals surface area (Å²) in [4.78, 5) is 12.4. The Morgan fingerprint density at radius 1 is 1.53 bits per heavy atom. The van der Waals surface area contributed by atoms with Crippen LogP contribution >= 0.6 is 11.3 Å². The third kappa shape index (κ3) is 2.23. The van der Waals surface area contributed by atoms with Gasteiger partial charge in [0.25, 0.3) is 0 Å². The molecule has 2 nitrogen and oxygen atoms in total. The highest BCUT2D eigenvalue weighted by atomic mass is 32.1. The third-order valence-corrected chi connectivity index (χ3v) is 4.34. The van der Waals surface area contributed by atoms with Crippen LogP contribution in [0.4, 0.5) is 0 Å². The lowest BCUT2D eigenvalue weighted by molar-refractivity contribution is -0.143. The second-order valence-corrected chi connectivity index (χ2v) is 5.46. The number of carbonyl (C=O) groups is 1. The van der Waals surface area contributed by atoms with Crippen molar-refractivity contribution in [2.24, 2.45) is 11.8 Å². The Morgan fingerprint density at radius 3 is 2.93 bits per heavy atom. The quantitative estimate of drug-likeness (QED) is 0.836. The van der Waals surface area contributed by atoms with Crippen LogP contribution in [0.15, 0.2) is 17.5 Å². The van der Waals surface area contributed by atoms with Gasteiger partial charge in [0.15, 0.2) is 0 Å². The summed E-state index contributed by atoms with van der Waals surface area (Å²) in [5.74, 6) is 0.110. The van der Waals surface area contributed by atoms with E-state index < -0.39 is 5.97 Å². The van der Waals surface area contributed by atoms with Crippen LogP contribution < -0.4 is 0 Å². The van der Waals surface area contributed by atoms with Gasteiger partial charge in [-0.25, -0.2) is 0 Å². The largest absolute Gasteiger partial charge is 0.481 e. The molecule has 3 atom stereocenters. The van der Waals surface area contributed by atoms with E-state index in [2.05, 4.69) is 13.0 Å². The summed E-state index contributed by atoms with van der Waals surface area (Å²) >= 11 is 1.69. The van der Waals surface area contributed by atoms with E-state index in [9.17, 15) is 9.90 Å². The lowest BCUT2D eigenvalue weighted by Gasteiger charge is -2.31. The Morgan fingerprint density at radius 2 is 2.33 bits per heavy atom. The Balaban J connectivity index is 2.20. The summed E-state index contributed by atoms with van der Waals surface area (Å²) < 4.78 is 0. The first-order valence-electron chi connectivity index (χ1n) is 5.44. The number of carboxylic acids is 1. The maximum atomic E-state index is 11.2. The first kappa shape index (κ1) is 10.7. The molecule has 0 aliphatic heterocycles. The molecule has 1 heterocycles. The van der Waals surface area contributed by atoms with Gasteiger partial charge in [0.2, 0.25) is 0 Å². The van der Waals surface area contributed by atoms with Gasteiger partial charge in [-0.3, -0.25) is 4.79 Å².